The van der Waals surface area contributed by atoms with Crippen molar-refractivity contribution in [2.24, 2.45) is 5.92 Å². The van der Waals surface area contributed by atoms with E-state index in [9.17, 15) is 26.4 Å². The standard InChI is InChI=1S/C19H23F3O4S/c1-2-9-18-10-8-15(23)12-14(18)5-3-4-13-11-16(6-7-17(13)18)26-27(24,25)19(20,21)22/h6-7,11,14H,2-5,8-10,12H2,1H3. The van der Waals surface area contributed by atoms with Gasteiger partial charge >= 0.3 is 15.6 Å². The molecular formula is C19H23F3O4S. The number of alkyl halides is 3. The quantitative estimate of drug-likeness (QED) is 0.541. The molecule has 0 aliphatic heterocycles. The predicted molar refractivity (Wildman–Crippen MR) is 93.9 cm³/mol. The lowest BCUT2D eigenvalue weighted by Gasteiger charge is -2.44. The van der Waals surface area contributed by atoms with Crippen LogP contribution in [0.4, 0.5) is 13.2 Å². The Labute approximate surface area is 157 Å². The fraction of sp³-hybridized carbons (Fsp3) is 0.632. The van der Waals surface area contributed by atoms with Crippen LogP contribution < -0.4 is 4.18 Å². The molecule has 1 fully saturated rings. The van der Waals surface area contributed by atoms with Crippen LogP contribution in [0.5, 0.6) is 5.75 Å². The highest BCUT2D eigenvalue weighted by molar-refractivity contribution is 7.88. The molecule has 2 atom stereocenters. The lowest BCUT2D eigenvalue weighted by molar-refractivity contribution is -0.123. The zero-order chi connectivity index (χ0) is 19.9. The molecule has 0 spiro atoms. The minimum atomic E-state index is -5.69. The zero-order valence-electron chi connectivity index (χ0n) is 15.1. The van der Waals surface area contributed by atoms with Crippen molar-refractivity contribution >= 4 is 15.9 Å². The van der Waals surface area contributed by atoms with E-state index in [0.29, 0.717) is 19.3 Å². The molecule has 0 heterocycles. The number of aryl methyl sites for hydroxylation is 1. The van der Waals surface area contributed by atoms with Crippen LogP contribution in [0.25, 0.3) is 0 Å². The molecule has 2 aliphatic rings. The van der Waals surface area contributed by atoms with Gasteiger partial charge in [0.15, 0.2) is 0 Å². The maximum Gasteiger partial charge on any atom is 0.534 e. The molecule has 0 bridgehead atoms. The number of hydrogen-bond acceptors (Lipinski definition) is 4. The molecule has 2 unspecified atom stereocenters. The number of benzene rings is 1. The molecule has 2 aliphatic carbocycles. The van der Waals surface area contributed by atoms with Crippen molar-refractivity contribution in [1.29, 1.82) is 0 Å². The molecule has 150 valence electrons. The molecule has 0 radical (unpaired) electrons. The van der Waals surface area contributed by atoms with Crippen molar-refractivity contribution in [3.63, 3.8) is 0 Å². The average Bonchev–Trinajstić information content (AvgIpc) is 2.70. The van der Waals surface area contributed by atoms with E-state index in [4.69, 9.17) is 0 Å². The van der Waals surface area contributed by atoms with Crippen LogP contribution in [0.3, 0.4) is 0 Å². The largest absolute Gasteiger partial charge is 0.534 e. The van der Waals surface area contributed by atoms with Gasteiger partial charge in [-0.25, -0.2) is 0 Å². The first-order chi connectivity index (χ1) is 12.6. The number of carbonyl (C=O) groups is 1. The summed E-state index contributed by atoms with van der Waals surface area (Å²) in [5.74, 6) is 0.181. The second-order valence-corrected chi connectivity index (χ2v) is 9.08. The van der Waals surface area contributed by atoms with Crippen LogP contribution in [0.2, 0.25) is 0 Å². The second kappa shape index (κ2) is 7.11. The highest BCUT2D eigenvalue weighted by Crippen LogP contribution is 2.51. The lowest BCUT2D eigenvalue weighted by Crippen LogP contribution is -2.40. The first kappa shape index (κ1) is 20.2. The van der Waals surface area contributed by atoms with Crippen molar-refractivity contribution in [2.75, 3.05) is 0 Å². The number of ketones is 1. The third kappa shape index (κ3) is 3.73. The van der Waals surface area contributed by atoms with E-state index in [1.54, 1.807) is 6.07 Å². The smallest absolute Gasteiger partial charge is 0.376 e. The normalized spacial score (nSPS) is 26.1. The predicted octanol–water partition coefficient (Wildman–Crippen LogP) is 4.66. The Balaban J connectivity index is 2.01. The van der Waals surface area contributed by atoms with Crippen LogP contribution in [0, 0.1) is 5.92 Å². The molecular weight excluding hydrogens is 381 g/mol. The summed E-state index contributed by atoms with van der Waals surface area (Å²) in [7, 11) is -5.69. The SMILES string of the molecule is CCCC12CCC(=O)CC1CCCc1cc(OS(=O)(=O)C(F)(F)F)ccc12. The topological polar surface area (TPSA) is 60.4 Å². The van der Waals surface area contributed by atoms with Crippen molar-refractivity contribution in [3.05, 3.63) is 29.3 Å². The van der Waals surface area contributed by atoms with Gasteiger partial charge in [0.05, 0.1) is 0 Å². The summed E-state index contributed by atoms with van der Waals surface area (Å²) in [5.41, 5.74) is -3.76. The Bertz CT molecular complexity index is 832. The van der Waals surface area contributed by atoms with E-state index in [1.807, 2.05) is 0 Å². The van der Waals surface area contributed by atoms with Crippen LogP contribution in [0.1, 0.15) is 63.0 Å². The van der Waals surface area contributed by atoms with Gasteiger partial charge < -0.3 is 4.18 Å². The number of rotatable bonds is 4. The van der Waals surface area contributed by atoms with Gasteiger partial charge in [-0.3, -0.25) is 4.79 Å². The summed E-state index contributed by atoms with van der Waals surface area (Å²) >= 11 is 0. The Morgan fingerprint density at radius 2 is 2.00 bits per heavy atom. The molecule has 0 N–H and O–H groups in total. The van der Waals surface area contributed by atoms with E-state index >= 15 is 0 Å². The Morgan fingerprint density at radius 3 is 2.67 bits per heavy atom. The number of hydrogen-bond donors (Lipinski definition) is 0. The Morgan fingerprint density at radius 1 is 1.26 bits per heavy atom. The maximum absolute atomic E-state index is 12.6. The lowest BCUT2D eigenvalue weighted by atomic mass is 9.59. The summed E-state index contributed by atoms with van der Waals surface area (Å²) in [6.45, 7) is 2.08. The third-order valence-electron chi connectivity index (χ3n) is 5.90. The number of fused-ring (bicyclic) bond motifs is 3. The first-order valence-electron chi connectivity index (χ1n) is 9.25. The van der Waals surface area contributed by atoms with E-state index in [1.165, 1.54) is 12.1 Å². The van der Waals surface area contributed by atoms with E-state index in [2.05, 4.69) is 11.1 Å². The zero-order valence-corrected chi connectivity index (χ0v) is 16.0. The van der Waals surface area contributed by atoms with Crippen molar-refractivity contribution in [2.45, 2.75) is 69.2 Å². The van der Waals surface area contributed by atoms with Gasteiger partial charge in [0.1, 0.15) is 11.5 Å². The van der Waals surface area contributed by atoms with Gasteiger partial charge in [-0.05, 0) is 66.7 Å². The Kier molecular flexibility index (Phi) is 5.31. The van der Waals surface area contributed by atoms with E-state index in [0.717, 1.165) is 43.2 Å². The molecule has 4 nitrogen and oxygen atoms in total. The molecule has 27 heavy (non-hydrogen) atoms. The molecule has 8 heteroatoms. The molecule has 3 rings (SSSR count). The van der Waals surface area contributed by atoms with Gasteiger partial charge in [-0.15, -0.1) is 0 Å². The number of Topliss-reactive ketones (excluding diaryl/α,β-unsaturated/α-hetero) is 1. The fourth-order valence-corrected chi connectivity index (χ4v) is 5.26. The van der Waals surface area contributed by atoms with Crippen molar-refractivity contribution in [3.8, 4) is 5.75 Å². The van der Waals surface area contributed by atoms with Gasteiger partial charge in [-0.1, -0.05) is 19.4 Å². The van der Waals surface area contributed by atoms with Crippen molar-refractivity contribution in [1.82, 2.24) is 0 Å². The minimum Gasteiger partial charge on any atom is -0.376 e. The monoisotopic (exact) mass is 404 g/mol. The summed E-state index contributed by atoms with van der Waals surface area (Å²) < 4.78 is 64.7. The van der Waals surface area contributed by atoms with Crippen LogP contribution in [0.15, 0.2) is 18.2 Å². The third-order valence-corrected chi connectivity index (χ3v) is 6.88. The molecule has 1 saturated carbocycles. The van der Waals surface area contributed by atoms with Crippen LogP contribution in [-0.4, -0.2) is 19.7 Å². The highest BCUT2D eigenvalue weighted by Gasteiger charge is 2.49. The van der Waals surface area contributed by atoms with E-state index in [-0.39, 0.29) is 22.9 Å². The summed E-state index contributed by atoms with van der Waals surface area (Å²) in [4.78, 5) is 12.0. The maximum atomic E-state index is 12.6. The molecule has 0 amide bonds. The number of carbonyl (C=O) groups excluding carboxylic acids is 1. The Hall–Kier alpha value is -1.57. The van der Waals surface area contributed by atoms with Gasteiger partial charge in [0, 0.05) is 12.8 Å². The highest BCUT2D eigenvalue weighted by atomic mass is 32.2. The minimum absolute atomic E-state index is 0.171. The van der Waals surface area contributed by atoms with Gasteiger partial charge in [-0.2, -0.15) is 21.6 Å². The first-order valence-corrected chi connectivity index (χ1v) is 10.7. The molecule has 1 aromatic carbocycles. The average molecular weight is 404 g/mol. The summed E-state index contributed by atoms with van der Waals surface area (Å²) in [6, 6.07) is 4.44. The van der Waals surface area contributed by atoms with Gasteiger partial charge in [0.25, 0.3) is 0 Å². The molecule has 0 aromatic heterocycles. The summed E-state index contributed by atoms with van der Waals surface area (Å²) in [5, 5.41) is 0. The summed E-state index contributed by atoms with van der Waals surface area (Å²) in [6.07, 6.45) is 5.96. The second-order valence-electron chi connectivity index (χ2n) is 7.54. The van der Waals surface area contributed by atoms with Crippen LogP contribution >= 0.6 is 0 Å². The van der Waals surface area contributed by atoms with Crippen molar-refractivity contribution < 1.29 is 30.6 Å². The molecule has 0 saturated heterocycles. The fourth-order valence-electron chi connectivity index (χ4n) is 4.81. The van der Waals surface area contributed by atoms with Gasteiger partial charge in [0.2, 0.25) is 0 Å². The van der Waals surface area contributed by atoms with Crippen LogP contribution in [-0.2, 0) is 26.7 Å². The van der Waals surface area contributed by atoms with E-state index < -0.39 is 15.6 Å². The molecule has 1 aromatic rings. The number of halogens is 3.